The van der Waals surface area contributed by atoms with Gasteiger partial charge in [0, 0.05) is 17.3 Å². The minimum Gasteiger partial charge on any atom is -0.493 e. The second-order valence-corrected chi connectivity index (χ2v) is 7.90. The highest BCUT2D eigenvalue weighted by Crippen LogP contribution is 2.51. The number of nitrogens with zero attached hydrogens (tertiary/aromatic N) is 1. The van der Waals surface area contributed by atoms with Crippen molar-refractivity contribution in [2.45, 2.75) is 50.7 Å². The minimum atomic E-state index is 0.0967. The molecule has 1 aliphatic heterocycles. The van der Waals surface area contributed by atoms with E-state index in [-0.39, 0.29) is 18.1 Å². The summed E-state index contributed by atoms with van der Waals surface area (Å²) in [5.74, 6) is 2.14. The maximum atomic E-state index is 13.2. The highest BCUT2D eigenvalue weighted by Gasteiger charge is 2.45. The molecule has 0 saturated heterocycles. The Bertz CT molecular complexity index is 868. The van der Waals surface area contributed by atoms with Crippen LogP contribution in [0, 0.1) is 5.92 Å². The molecule has 5 rings (SSSR count). The van der Waals surface area contributed by atoms with Crippen LogP contribution in [0.3, 0.4) is 0 Å². The molecule has 3 aliphatic rings. The first-order valence-electron chi connectivity index (χ1n) is 10.0. The molecule has 2 aromatic carbocycles. The fraction of sp³-hybridized carbons (Fsp3) is 0.435. The van der Waals surface area contributed by atoms with Gasteiger partial charge in [0.25, 0.3) is 5.91 Å². The molecule has 1 atom stereocenters. The van der Waals surface area contributed by atoms with E-state index >= 15 is 0 Å². The number of ether oxygens (including phenoxy) is 2. The SMILES string of the molecule is COc1ccc(N2C(=O)c3ccccc3C2C2CC2)cc1OC1CCCC1. The second-order valence-electron chi connectivity index (χ2n) is 7.90. The Morgan fingerprint density at radius 3 is 2.48 bits per heavy atom. The van der Waals surface area contributed by atoms with E-state index in [2.05, 4.69) is 6.07 Å². The van der Waals surface area contributed by atoms with E-state index < -0.39 is 0 Å². The molecular formula is C23H25NO3. The van der Waals surface area contributed by atoms with Crippen molar-refractivity contribution < 1.29 is 14.3 Å². The maximum absolute atomic E-state index is 13.2. The molecule has 2 aromatic rings. The summed E-state index contributed by atoms with van der Waals surface area (Å²) < 4.78 is 11.8. The summed E-state index contributed by atoms with van der Waals surface area (Å²) in [7, 11) is 1.67. The molecular weight excluding hydrogens is 338 g/mol. The Hall–Kier alpha value is -2.49. The molecule has 1 amide bonds. The van der Waals surface area contributed by atoms with Crippen molar-refractivity contribution >= 4 is 11.6 Å². The quantitative estimate of drug-likeness (QED) is 0.739. The van der Waals surface area contributed by atoms with E-state index in [0.29, 0.717) is 5.92 Å². The van der Waals surface area contributed by atoms with Crippen molar-refractivity contribution in [3.63, 3.8) is 0 Å². The number of amides is 1. The lowest BCUT2D eigenvalue weighted by atomic mass is 10.0. The molecule has 0 aromatic heterocycles. The molecule has 0 bridgehead atoms. The molecule has 0 N–H and O–H groups in total. The van der Waals surface area contributed by atoms with Crippen molar-refractivity contribution in [1.82, 2.24) is 0 Å². The van der Waals surface area contributed by atoms with Gasteiger partial charge in [-0.25, -0.2) is 0 Å². The van der Waals surface area contributed by atoms with Gasteiger partial charge in [-0.3, -0.25) is 4.79 Å². The average molecular weight is 363 g/mol. The predicted octanol–water partition coefficient (Wildman–Crippen LogP) is 5.13. The normalized spacial score (nSPS) is 22.2. The maximum Gasteiger partial charge on any atom is 0.259 e. The van der Waals surface area contributed by atoms with E-state index in [9.17, 15) is 4.79 Å². The van der Waals surface area contributed by atoms with E-state index in [1.54, 1.807) is 7.11 Å². The van der Waals surface area contributed by atoms with Crippen molar-refractivity contribution in [2.24, 2.45) is 5.92 Å². The van der Waals surface area contributed by atoms with Gasteiger partial charge < -0.3 is 14.4 Å². The fourth-order valence-corrected chi connectivity index (χ4v) is 4.59. The molecule has 1 heterocycles. The standard InChI is InChI=1S/C23H25NO3/c1-26-20-13-12-16(14-21(20)27-17-6-2-3-7-17)24-22(15-10-11-15)18-8-4-5-9-19(18)23(24)25/h4-5,8-9,12-15,17,22H,2-3,6-7,10-11H2,1H3. The Kier molecular flexibility index (Phi) is 4.07. The molecule has 140 valence electrons. The molecule has 2 aliphatic carbocycles. The van der Waals surface area contributed by atoms with E-state index in [1.165, 1.54) is 31.2 Å². The van der Waals surface area contributed by atoms with Crippen molar-refractivity contribution in [2.75, 3.05) is 12.0 Å². The van der Waals surface area contributed by atoms with Crippen LogP contribution >= 0.6 is 0 Å². The number of anilines is 1. The first-order chi connectivity index (χ1) is 13.3. The van der Waals surface area contributed by atoms with Crippen LogP contribution in [0.25, 0.3) is 0 Å². The van der Waals surface area contributed by atoms with Crippen LogP contribution < -0.4 is 14.4 Å². The van der Waals surface area contributed by atoms with Gasteiger partial charge in [-0.2, -0.15) is 0 Å². The molecule has 27 heavy (non-hydrogen) atoms. The first kappa shape index (κ1) is 16.7. The summed E-state index contributed by atoms with van der Waals surface area (Å²) in [6, 6.07) is 14.1. The Balaban J connectivity index is 1.52. The summed E-state index contributed by atoms with van der Waals surface area (Å²) in [4.78, 5) is 15.2. The summed E-state index contributed by atoms with van der Waals surface area (Å²) in [6.07, 6.45) is 7.24. The summed E-state index contributed by atoms with van der Waals surface area (Å²) in [5, 5.41) is 0. The zero-order chi connectivity index (χ0) is 18.4. The second kappa shape index (κ2) is 6.59. The fourth-order valence-electron chi connectivity index (χ4n) is 4.59. The lowest BCUT2D eigenvalue weighted by molar-refractivity contribution is 0.0989. The topological polar surface area (TPSA) is 38.8 Å². The third kappa shape index (κ3) is 2.88. The van der Waals surface area contributed by atoms with Gasteiger partial charge in [-0.1, -0.05) is 18.2 Å². The largest absolute Gasteiger partial charge is 0.493 e. The zero-order valence-electron chi connectivity index (χ0n) is 15.7. The van der Waals surface area contributed by atoms with Crippen LogP contribution in [-0.2, 0) is 0 Å². The lowest BCUT2D eigenvalue weighted by Crippen LogP contribution is -2.29. The highest BCUT2D eigenvalue weighted by molar-refractivity contribution is 6.11. The van der Waals surface area contributed by atoms with E-state index in [0.717, 1.165) is 35.6 Å². The number of carbonyl (C=O) groups is 1. The van der Waals surface area contributed by atoms with Gasteiger partial charge in [0.05, 0.1) is 19.3 Å². The van der Waals surface area contributed by atoms with Crippen LogP contribution in [-0.4, -0.2) is 19.1 Å². The van der Waals surface area contributed by atoms with E-state index in [1.807, 2.05) is 41.3 Å². The Morgan fingerprint density at radius 2 is 1.74 bits per heavy atom. The molecule has 4 nitrogen and oxygen atoms in total. The first-order valence-corrected chi connectivity index (χ1v) is 10.0. The summed E-state index contributed by atoms with van der Waals surface area (Å²) in [5.41, 5.74) is 2.91. The summed E-state index contributed by atoms with van der Waals surface area (Å²) in [6.45, 7) is 0. The molecule has 4 heteroatoms. The van der Waals surface area contributed by atoms with Gasteiger partial charge in [0.2, 0.25) is 0 Å². The molecule has 1 unspecified atom stereocenters. The molecule has 2 fully saturated rings. The number of methoxy groups -OCH3 is 1. The smallest absolute Gasteiger partial charge is 0.259 e. The number of rotatable bonds is 5. The predicted molar refractivity (Wildman–Crippen MR) is 105 cm³/mol. The van der Waals surface area contributed by atoms with Crippen LogP contribution in [0.1, 0.15) is 60.5 Å². The number of hydrogen-bond donors (Lipinski definition) is 0. The van der Waals surface area contributed by atoms with Gasteiger partial charge in [-0.05, 0) is 68.2 Å². The highest BCUT2D eigenvalue weighted by atomic mass is 16.5. The van der Waals surface area contributed by atoms with Crippen LogP contribution in [0.4, 0.5) is 5.69 Å². The van der Waals surface area contributed by atoms with E-state index in [4.69, 9.17) is 9.47 Å². The zero-order valence-corrected chi connectivity index (χ0v) is 15.7. The molecule has 0 spiro atoms. The lowest BCUT2D eigenvalue weighted by Gasteiger charge is -2.27. The van der Waals surface area contributed by atoms with Crippen molar-refractivity contribution in [3.05, 3.63) is 53.6 Å². The number of carbonyl (C=O) groups excluding carboxylic acids is 1. The van der Waals surface area contributed by atoms with Crippen molar-refractivity contribution in [3.8, 4) is 11.5 Å². The number of hydrogen-bond acceptors (Lipinski definition) is 3. The summed E-state index contributed by atoms with van der Waals surface area (Å²) >= 11 is 0. The number of fused-ring (bicyclic) bond motifs is 1. The molecule has 0 radical (unpaired) electrons. The van der Waals surface area contributed by atoms with Crippen LogP contribution in [0.5, 0.6) is 11.5 Å². The Morgan fingerprint density at radius 1 is 0.963 bits per heavy atom. The average Bonchev–Trinajstić information content (AvgIpc) is 3.32. The van der Waals surface area contributed by atoms with Crippen LogP contribution in [0.15, 0.2) is 42.5 Å². The monoisotopic (exact) mass is 363 g/mol. The van der Waals surface area contributed by atoms with Gasteiger partial charge in [0.15, 0.2) is 11.5 Å². The third-order valence-electron chi connectivity index (χ3n) is 6.10. The Labute approximate surface area is 160 Å². The van der Waals surface area contributed by atoms with Gasteiger partial charge in [0.1, 0.15) is 0 Å². The molecule has 2 saturated carbocycles. The minimum absolute atomic E-state index is 0.0967. The van der Waals surface area contributed by atoms with Gasteiger partial charge in [-0.15, -0.1) is 0 Å². The number of benzene rings is 2. The van der Waals surface area contributed by atoms with Crippen LogP contribution in [0.2, 0.25) is 0 Å². The third-order valence-corrected chi connectivity index (χ3v) is 6.10. The van der Waals surface area contributed by atoms with Crippen molar-refractivity contribution in [1.29, 1.82) is 0 Å². The van der Waals surface area contributed by atoms with Gasteiger partial charge >= 0.3 is 0 Å².